The lowest BCUT2D eigenvalue weighted by atomic mass is 10.2. The second-order valence-corrected chi connectivity index (χ2v) is 7.35. The summed E-state index contributed by atoms with van der Waals surface area (Å²) in [7, 11) is 0. The highest BCUT2D eigenvalue weighted by Crippen LogP contribution is 2.19. The molecule has 8 heteroatoms. The summed E-state index contributed by atoms with van der Waals surface area (Å²) in [6.45, 7) is 6.15. The summed E-state index contributed by atoms with van der Waals surface area (Å²) in [5.41, 5.74) is 3.57. The maximum atomic E-state index is 12.5. The average molecular weight is 383 g/mol. The molecule has 7 nitrogen and oxygen atoms in total. The van der Waals surface area contributed by atoms with Gasteiger partial charge in [0.15, 0.2) is 5.13 Å². The van der Waals surface area contributed by atoms with Crippen molar-refractivity contribution in [1.82, 2.24) is 19.7 Å². The summed E-state index contributed by atoms with van der Waals surface area (Å²) in [4.78, 5) is 19.3. The molecule has 27 heavy (non-hydrogen) atoms. The van der Waals surface area contributed by atoms with Crippen LogP contribution < -0.4 is 5.32 Å². The van der Waals surface area contributed by atoms with Crippen LogP contribution in [0.3, 0.4) is 0 Å². The van der Waals surface area contributed by atoms with Gasteiger partial charge in [-0.1, -0.05) is 0 Å². The molecule has 1 aliphatic heterocycles. The predicted molar refractivity (Wildman–Crippen MR) is 104 cm³/mol. The van der Waals surface area contributed by atoms with E-state index in [9.17, 15) is 4.79 Å². The number of aromatic nitrogens is 3. The lowest BCUT2D eigenvalue weighted by Crippen LogP contribution is -2.35. The normalized spacial score (nSPS) is 15.0. The standard InChI is InChI=1S/C19H21N5O2S/c1-14-10-20-24(11-14)17-4-2-15(3-5-17)18(25)22-19-21-16(13-27-19)12-23-6-8-26-9-7-23/h2-5,10-11,13H,6-9,12H2,1H3,(H,21,22,25). The molecule has 0 unspecified atom stereocenters. The van der Waals surface area contributed by atoms with Crippen LogP contribution in [0.4, 0.5) is 5.13 Å². The molecule has 0 spiro atoms. The van der Waals surface area contributed by atoms with E-state index in [1.807, 2.05) is 30.6 Å². The molecule has 1 N–H and O–H groups in total. The number of anilines is 1. The first-order chi connectivity index (χ1) is 13.2. The molecule has 0 atom stereocenters. The van der Waals surface area contributed by atoms with Gasteiger partial charge < -0.3 is 4.74 Å². The monoisotopic (exact) mass is 383 g/mol. The number of morpholine rings is 1. The Morgan fingerprint density at radius 3 is 2.74 bits per heavy atom. The van der Waals surface area contributed by atoms with E-state index in [1.54, 1.807) is 23.0 Å². The third-order valence-corrected chi connectivity index (χ3v) is 5.17. The molecule has 0 bridgehead atoms. The Labute approximate surface area is 161 Å². The van der Waals surface area contributed by atoms with E-state index in [0.717, 1.165) is 49.8 Å². The highest BCUT2D eigenvalue weighted by Gasteiger charge is 2.14. The fraction of sp³-hybridized carbons (Fsp3) is 0.316. The lowest BCUT2D eigenvalue weighted by Gasteiger charge is -2.25. The first-order valence-corrected chi connectivity index (χ1v) is 9.73. The summed E-state index contributed by atoms with van der Waals surface area (Å²) in [5, 5.41) is 9.77. The fourth-order valence-electron chi connectivity index (χ4n) is 2.91. The first kappa shape index (κ1) is 17.8. The Balaban J connectivity index is 1.37. The molecule has 1 aliphatic rings. The topological polar surface area (TPSA) is 72.3 Å². The van der Waals surface area contributed by atoms with Gasteiger partial charge in [-0.25, -0.2) is 9.67 Å². The minimum atomic E-state index is -0.162. The Morgan fingerprint density at radius 2 is 2.04 bits per heavy atom. The van der Waals surface area contributed by atoms with Crippen LogP contribution in [-0.2, 0) is 11.3 Å². The van der Waals surface area contributed by atoms with Crippen LogP contribution in [0.5, 0.6) is 0 Å². The minimum absolute atomic E-state index is 0.162. The maximum absolute atomic E-state index is 12.5. The van der Waals surface area contributed by atoms with Gasteiger partial charge in [-0.3, -0.25) is 15.0 Å². The van der Waals surface area contributed by atoms with Gasteiger partial charge in [-0.15, -0.1) is 11.3 Å². The first-order valence-electron chi connectivity index (χ1n) is 8.85. The molecule has 1 fully saturated rings. The molecule has 0 saturated carbocycles. The summed E-state index contributed by atoms with van der Waals surface area (Å²) in [6, 6.07) is 7.36. The molecule has 140 valence electrons. The van der Waals surface area contributed by atoms with Gasteiger partial charge in [0.1, 0.15) is 0 Å². The average Bonchev–Trinajstić information content (AvgIpc) is 3.31. The van der Waals surface area contributed by atoms with Gasteiger partial charge in [0.25, 0.3) is 5.91 Å². The molecule has 0 radical (unpaired) electrons. The van der Waals surface area contributed by atoms with E-state index in [2.05, 4.69) is 20.3 Å². The number of amides is 1. The van der Waals surface area contributed by atoms with E-state index in [-0.39, 0.29) is 5.91 Å². The van der Waals surface area contributed by atoms with Crippen LogP contribution in [0.25, 0.3) is 5.69 Å². The maximum Gasteiger partial charge on any atom is 0.257 e. The van der Waals surface area contributed by atoms with E-state index in [0.29, 0.717) is 10.7 Å². The number of nitrogens with one attached hydrogen (secondary N) is 1. The summed E-state index contributed by atoms with van der Waals surface area (Å²) >= 11 is 1.45. The molecule has 3 aromatic rings. The number of benzene rings is 1. The van der Waals surface area contributed by atoms with Gasteiger partial charge in [-0.2, -0.15) is 5.10 Å². The zero-order chi connectivity index (χ0) is 18.6. The van der Waals surface area contributed by atoms with Gasteiger partial charge in [0, 0.05) is 36.8 Å². The van der Waals surface area contributed by atoms with E-state index >= 15 is 0 Å². The van der Waals surface area contributed by atoms with Crippen LogP contribution in [-0.4, -0.2) is 51.9 Å². The van der Waals surface area contributed by atoms with E-state index in [4.69, 9.17) is 4.74 Å². The number of ether oxygens (including phenoxy) is 1. The number of thiazole rings is 1. The summed E-state index contributed by atoms with van der Waals surface area (Å²) in [6.07, 6.45) is 3.75. The van der Waals surface area contributed by atoms with Crippen LogP contribution in [0, 0.1) is 6.92 Å². The second kappa shape index (κ2) is 7.99. The number of rotatable bonds is 5. The largest absolute Gasteiger partial charge is 0.379 e. The predicted octanol–water partition coefficient (Wildman–Crippen LogP) is 2.72. The number of aryl methyl sites for hydroxylation is 1. The highest BCUT2D eigenvalue weighted by molar-refractivity contribution is 7.13. The van der Waals surface area contributed by atoms with Crippen molar-refractivity contribution in [3.8, 4) is 5.69 Å². The quantitative estimate of drug-likeness (QED) is 0.733. The van der Waals surface area contributed by atoms with Crippen LogP contribution in [0.15, 0.2) is 42.0 Å². The van der Waals surface area contributed by atoms with Crippen molar-refractivity contribution in [2.45, 2.75) is 13.5 Å². The van der Waals surface area contributed by atoms with Crippen LogP contribution in [0.1, 0.15) is 21.6 Å². The van der Waals surface area contributed by atoms with Crippen molar-refractivity contribution in [1.29, 1.82) is 0 Å². The molecule has 3 heterocycles. The molecular weight excluding hydrogens is 362 g/mol. The molecule has 1 amide bonds. The van der Waals surface area contributed by atoms with Crippen LogP contribution in [0.2, 0.25) is 0 Å². The molecule has 2 aromatic heterocycles. The van der Waals surface area contributed by atoms with Crippen molar-refractivity contribution in [2.24, 2.45) is 0 Å². The van der Waals surface area contributed by atoms with E-state index in [1.165, 1.54) is 11.3 Å². The zero-order valence-corrected chi connectivity index (χ0v) is 15.9. The number of hydrogen-bond acceptors (Lipinski definition) is 6. The lowest BCUT2D eigenvalue weighted by molar-refractivity contribution is 0.0337. The minimum Gasteiger partial charge on any atom is -0.379 e. The molecule has 1 saturated heterocycles. The van der Waals surface area contributed by atoms with Crippen molar-refractivity contribution >= 4 is 22.4 Å². The van der Waals surface area contributed by atoms with Gasteiger partial charge in [-0.05, 0) is 36.8 Å². The Hall–Kier alpha value is -2.55. The second-order valence-electron chi connectivity index (χ2n) is 6.50. The van der Waals surface area contributed by atoms with Crippen LogP contribution >= 0.6 is 11.3 Å². The fourth-order valence-corrected chi connectivity index (χ4v) is 3.61. The SMILES string of the molecule is Cc1cnn(-c2ccc(C(=O)Nc3nc(CN4CCOCC4)cs3)cc2)c1. The van der Waals surface area contributed by atoms with Gasteiger partial charge >= 0.3 is 0 Å². The third kappa shape index (κ3) is 4.41. The van der Waals surface area contributed by atoms with Crippen molar-refractivity contribution in [3.63, 3.8) is 0 Å². The summed E-state index contributed by atoms with van der Waals surface area (Å²) in [5.74, 6) is -0.162. The Morgan fingerprint density at radius 1 is 1.26 bits per heavy atom. The molecule has 0 aliphatic carbocycles. The van der Waals surface area contributed by atoms with Gasteiger partial charge in [0.05, 0.1) is 30.8 Å². The zero-order valence-electron chi connectivity index (χ0n) is 15.1. The van der Waals surface area contributed by atoms with Crippen molar-refractivity contribution in [2.75, 3.05) is 31.6 Å². The van der Waals surface area contributed by atoms with E-state index < -0.39 is 0 Å². The third-order valence-electron chi connectivity index (χ3n) is 4.37. The number of carbonyl (C=O) groups excluding carboxylic acids is 1. The van der Waals surface area contributed by atoms with Gasteiger partial charge in [0.2, 0.25) is 0 Å². The Kier molecular flexibility index (Phi) is 5.28. The van der Waals surface area contributed by atoms with Crippen molar-refractivity contribution < 1.29 is 9.53 Å². The number of hydrogen-bond donors (Lipinski definition) is 1. The summed E-state index contributed by atoms with van der Waals surface area (Å²) < 4.78 is 7.15. The number of nitrogens with zero attached hydrogens (tertiary/aromatic N) is 4. The molecular formula is C19H21N5O2S. The number of carbonyl (C=O) groups is 1. The Bertz CT molecular complexity index is 912. The van der Waals surface area contributed by atoms with Crippen molar-refractivity contribution in [3.05, 3.63) is 58.9 Å². The molecule has 4 rings (SSSR count). The smallest absolute Gasteiger partial charge is 0.257 e. The molecule has 1 aromatic carbocycles. The highest BCUT2D eigenvalue weighted by atomic mass is 32.1.